The number of benzene rings is 2. The maximum absolute atomic E-state index is 13.0. The Hall–Kier alpha value is -2.21. The summed E-state index contributed by atoms with van der Waals surface area (Å²) in [5.74, 6) is 0.000756. The summed E-state index contributed by atoms with van der Waals surface area (Å²) in [5.41, 5.74) is 0.751. The number of piperidine rings is 1. The predicted molar refractivity (Wildman–Crippen MR) is 99.2 cm³/mol. The van der Waals surface area contributed by atoms with Crippen LogP contribution in [0.4, 0.5) is 17.6 Å². The average Bonchev–Trinajstić information content (AvgIpc) is 2.65. The summed E-state index contributed by atoms with van der Waals surface area (Å²) < 4.78 is 51.3. The van der Waals surface area contributed by atoms with Gasteiger partial charge in [-0.15, -0.1) is 0 Å². The number of nitrogens with zero attached hydrogens (tertiary/aromatic N) is 1. The minimum atomic E-state index is -4.39. The summed E-state index contributed by atoms with van der Waals surface area (Å²) in [7, 11) is 0. The van der Waals surface area contributed by atoms with Gasteiger partial charge in [-0.1, -0.05) is 30.3 Å². The third-order valence-electron chi connectivity index (χ3n) is 5.20. The molecule has 6 heteroatoms. The van der Waals surface area contributed by atoms with E-state index in [0.29, 0.717) is 12.0 Å². The molecule has 150 valence electrons. The minimum Gasteiger partial charge on any atom is -0.299 e. The SMILES string of the molecule is O=C(Cc1cccc(C(F)(F)F)c1)CC1CCN(Cc2ccc(F)cc2)CC1. The van der Waals surface area contributed by atoms with Crippen molar-refractivity contribution in [2.75, 3.05) is 13.1 Å². The van der Waals surface area contributed by atoms with Crippen LogP contribution in [0, 0.1) is 11.7 Å². The van der Waals surface area contributed by atoms with Gasteiger partial charge in [0.15, 0.2) is 0 Å². The molecule has 1 aliphatic rings. The van der Waals surface area contributed by atoms with Crippen molar-refractivity contribution in [3.05, 3.63) is 71.0 Å². The van der Waals surface area contributed by atoms with Crippen molar-refractivity contribution in [3.63, 3.8) is 0 Å². The molecule has 0 spiro atoms. The first kappa shape index (κ1) is 20.5. The van der Waals surface area contributed by atoms with Gasteiger partial charge in [0.2, 0.25) is 0 Å². The predicted octanol–water partition coefficient (Wildman–Crippen LogP) is 5.26. The maximum Gasteiger partial charge on any atom is 0.416 e. The van der Waals surface area contributed by atoms with Crippen molar-refractivity contribution < 1.29 is 22.4 Å². The number of rotatable bonds is 6. The van der Waals surface area contributed by atoms with Gasteiger partial charge in [0.25, 0.3) is 0 Å². The molecule has 0 radical (unpaired) electrons. The summed E-state index contributed by atoms with van der Waals surface area (Å²) in [4.78, 5) is 14.6. The van der Waals surface area contributed by atoms with Gasteiger partial charge in [0.1, 0.15) is 11.6 Å². The molecule has 2 nitrogen and oxygen atoms in total. The molecule has 1 heterocycles. The monoisotopic (exact) mass is 393 g/mol. The number of hydrogen-bond donors (Lipinski definition) is 0. The fourth-order valence-corrected chi connectivity index (χ4v) is 3.68. The lowest BCUT2D eigenvalue weighted by atomic mass is 9.89. The van der Waals surface area contributed by atoms with E-state index in [4.69, 9.17) is 0 Å². The van der Waals surface area contributed by atoms with Gasteiger partial charge in [0.05, 0.1) is 5.56 Å². The summed E-state index contributed by atoms with van der Waals surface area (Å²) in [6.07, 6.45) is -2.18. The Labute approximate surface area is 162 Å². The van der Waals surface area contributed by atoms with Gasteiger partial charge < -0.3 is 0 Å². The van der Waals surface area contributed by atoms with Crippen LogP contribution in [-0.4, -0.2) is 23.8 Å². The molecule has 0 unspecified atom stereocenters. The summed E-state index contributed by atoms with van der Waals surface area (Å²) in [5, 5.41) is 0. The Kier molecular flexibility index (Phi) is 6.50. The molecule has 0 saturated carbocycles. The molecule has 28 heavy (non-hydrogen) atoms. The standard InChI is InChI=1S/C22H23F4NO/c23-20-6-4-17(5-7-20)15-27-10-8-16(9-11-27)13-21(28)14-18-2-1-3-19(12-18)22(24,25)26/h1-7,12,16H,8-11,13-15H2. The number of Topliss-reactive ketones (excluding diaryl/α,β-unsaturated/α-hetero) is 1. The lowest BCUT2D eigenvalue weighted by Gasteiger charge is -2.31. The fourth-order valence-electron chi connectivity index (χ4n) is 3.68. The molecular weight excluding hydrogens is 370 g/mol. The number of carbonyl (C=O) groups excluding carboxylic acids is 1. The third-order valence-corrected chi connectivity index (χ3v) is 5.20. The number of ketones is 1. The van der Waals surface area contributed by atoms with E-state index in [1.807, 2.05) is 0 Å². The highest BCUT2D eigenvalue weighted by atomic mass is 19.4. The number of carbonyl (C=O) groups is 1. The van der Waals surface area contributed by atoms with Gasteiger partial charge in [-0.05, 0) is 61.2 Å². The zero-order valence-corrected chi connectivity index (χ0v) is 15.5. The van der Waals surface area contributed by atoms with E-state index in [2.05, 4.69) is 4.90 Å². The van der Waals surface area contributed by atoms with E-state index in [1.54, 1.807) is 18.2 Å². The summed E-state index contributed by atoms with van der Waals surface area (Å²) >= 11 is 0. The average molecular weight is 393 g/mol. The van der Waals surface area contributed by atoms with Crippen LogP contribution >= 0.6 is 0 Å². The third kappa shape index (κ3) is 5.89. The molecule has 0 amide bonds. The molecular formula is C22H23F4NO. The van der Waals surface area contributed by atoms with E-state index in [1.165, 1.54) is 18.2 Å². The second-order valence-corrected chi connectivity index (χ2v) is 7.46. The van der Waals surface area contributed by atoms with E-state index < -0.39 is 11.7 Å². The number of likely N-dealkylation sites (tertiary alicyclic amines) is 1. The maximum atomic E-state index is 13.0. The van der Waals surface area contributed by atoms with Crippen molar-refractivity contribution >= 4 is 5.78 Å². The van der Waals surface area contributed by atoms with E-state index in [0.717, 1.165) is 50.2 Å². The van der Waals surface area contributed by atoms with Gasteiger partial charge >= 0.3 is 6.18 Å². The Balaban J connectivity index is 1.45. The van der Waals surface area contributed by atoms with Gasteiger partial charge in [0, 0.05) is 19.4 Å². The van der Waals surface area contributed by atoms with Gasteiger partial charge in [-0.25, -0.2) is 4.39 Å². The van der Waals surface area contributed by atoms with Crippen molar-refractivity contribution in [3.8, 4) is 0 Å². The van der Waals surface area contributed by atoms with Crippen LogP contribution in [0.1, 0.15) is 36.0 Å². The van der Waals surface area contributed by atoms with Crippen molar-refractivity contribution in [1.82, 2.24) is 4.90 Å². The van der Waals surface area contributed by atoms with E-state index >= 15 is 0 Å². The number of hydrogen-bond acceptors (Lipinski definition) is 2. The smallest absolute Gasteiger partial charge is 0.299 e. The fraction of sp³-hybridized carbons (Fsp3) is 0.409. The summed E-state index contributed by atoms with van der Waals surface area (Å²) in [6.45, 7) is 2.48. The van der Waals surface area contributed by atoms with Crippen molar-refractivity contribution in [2.45, 2.75) is 38.4 Å². The zero-order valence-electron chi connectivity index (χ0n) is 15.5. The zero-order chi connectivity index (χ0) is 20.1. The molecule has 1 fully saturated rings. The first-order chi connectivity index (χ1) is 13.3. The van der Waals surface area contributed by atoms with Crippen LogP contribution in [0.2, 0.25) is 0 Å². The van der Waals surface area contributed by atoms with Crippen LogP contribution in [0.3, 0.4) is 0 Å². The van der Waals surface area contributed by atoms with Crippen LogP contribution in [0.5, 0.6) is 0 Å². The van der Waals surface area contributed by atoms with Crippen LogP contribution in [-0.2, 0) is 23.9 Å². The molecule has 0 bridgehead atoms. The molecule has 0 aliphatic carbocycles. The largest absolute Gasteiger partial charge is 0.416 e. The Morgan fingerprint density at radius 3 is 2.32 bits per heavy atom. The highest BCUT2D eigenvalue weighted by molar-refractivity contribution is 5.81. The van der Waals surface area contributed by atoms with Crippen molar-refractivity contribution in [2.24, 2.45) is 5.92 Å². The molecule has 0 N–H and O–H groups in total. The summed E-state index contributed by atoms with van der Waals surface area (Å²) in [6, 6.07) is 11.5. The van der Waals surface area contributed by atoms with Gasteiger partial charge in [-0.2, -0.15) is 13.2 Å². The molecule has 1 saturated heterocycles. The Morgan fingerprint density at radius 2 is 1.68 bits per heavy atom. The molecule has 1 aliphatic heterocycles. The number of alkyl halides is 3. The second-order valence-electron chi connectivity index (χ2n) is 7.46. The Bertz CT molecular complexity index is 793. The second kappa shape index (κ2) is 8.86. The van der Waals surface area contributed by atoms with Crippen molar-refractivity contribution in [1.29, 1.82) is 0 Å². The topological polar surface area (TPSA) is 20.3 Å². The molecule has 3 rings (SSSR count). The highest BCUT2D eigenvalue weighted by Crippen LogP contribution is 2.30. The highest BCUT2D eigenvalue weighted by Gasteiger charge is 2.30. The molecule has 0 atom stereocenters. The van der Waals surface area contributed by atoms with Gasteiger partial charge in [-0.3, -0.25) is 9.69 Å². The lowest BCUT2D eigenvalue weighted by Crippen LogP contribution is -2.34. The normalized spacial score (nSPS) is 16.3. The lowest BCUT2D eigenvalue weighted by molar-refractivity contribution is -0.137. The Morgan fingerprint density at radius 1 is 1.00 bits per heavy atom. The minimum absolute atomic E-state index is 0.0173. The molecule has 0 aromatic heterocycles. The quantitative estimate of drug-likeness (QED) is 0.624. The first-order valence-corrected chi connectivity index (χ1v) is 9.44. The molecule has 2 aromatic rings. The van der Waals surface area contributed by atoms with E-state index in [-0.39, 0.29) is 23.9 Å². The van der Waals surface area contributed by atoms with E-state index in [9.17, 15) is 22.4 Å². The van der Waals surface area contributed by atoms with Crippen LogP contribution in [0.15, 0.2) is 48.5 Å². The number of halogens is 4. The molecule has 2 aromatic carbocycles. The van der Waals surface area contributed by atoms with Crippen LogP contribution in [0.25, 0.3) is 0 Å². The van der Waals surface area contributed by atoms with Crippen LogP contribution < -0.4 is 0 Å². The first-order valence-electron chi connectivity index (χ1n) is 9.44.